The second kappa shape index (κ2) is 10.1. The molecule has 0 aliphatic carbocycles. The number of hydrogen-bond acceptors (Lipinski definition) is 7. The van der Waals surface area contributed by atoms with Crippen molar-refractivity contribution in [2.75, 3.05) is 46.7 Å². The van der Waals surface area contributed by atoms with Crippen LogP contribution in [0.1, 0.15) is 19.3 Å². The van der Waals surface area contributed by atoms with E-state index in [1.165, 1.54) is 6.42 Å². The van der Waals surface area contributed by atoms with Crippen LogP contribution in [0.25, 0.3) is 22.3 Å². The van der Waals surface area contributed by atoms with Gasteiger partial charge in [-0.3, -0.25) is 0 Å². The average Bonchev–Trinajstić information content (AvgIpc) is 2.75. The van der Waals surface area contributed by atoms with Gasteiger partial charge in [0.2, 0.25) is 0 Å². The van der Waals surface area contributed by atoms with Crippen molar-refractivity contribution >= 4 is 16.7 Å². The normalized spacial score (nSPS) is 11.1. The van der Waals surface area contributed by atoms with Crippen LogP contribution in [0.3, 0.4) is 0 Å². The number of ether oxygens (including phenoxy) is 2. The van der Waals surface area contributed by atoms with Gasteiger partial charge in [0.05, 0.1) is 19.7 Å². The zero-order valence-electron chi connectivity index (χ0n) is 18.1. The minimum atomic E-state index is 0.210. The molecule has 3 rings (SSSR count). The van der Waals surface area contributed by atoms with Crippen LogP contribution < -0.4 is 14.8 Å². The first-order valence-corrected chi connectivity index (χ1v) is 10.1. The Labute approximate surface area is 177 Å². The number of phenolic OH excluding ortho intramolecular Hbond substituents is 1. The van der Waals surface area contributed by atoms with Crippen molar-refractivity contribution in [3.8, 4) is 28.6 Å². The number of nitrogens with zero attached hydrogens (tertiary/aromatic N) is 3. The standard InChI is InChI=1S/C23H30N4O3/c1-27(2)13-7-5-6-12-24-23-18-14-20(29-3)21(30-4)15-19(18)25-22(26-23)16-8-10-17(28)11-9-16/h8-11,14-15,28H,5-7,12-13H2,1-4H3,(H,24,25,26). The zero-order chi connectivity index (χ0) is 21.5. The molecule has 160 valence electrons. The quantitative estimate of drug-likeness (QED) is 0.486. The summed E-state index contributed by atoms with van der Waals surface area (Å²) < 4.78 is 10.9. The summed E-state index contributed by atoms with van der Waals surface area (Å²) in [5, 5.41) is 13.9. The number of nitrogens with one attached hydrogen (secondary N) is 1. The van der Waals surface area contributed by atoms with E-state index in [4.69, 9.17) is 19.4 Å². The summed E-state index contributed by atoms with van der Waals surface area (Å²) in [7, 11) is 7.42. The molecule has 0 unspecified atom stereocenters. The van der Waals surface area contributed by atoms with Crippen molar-refractivity contribution in [1.82, 2.24) is 14.9 Å². The van der Waals surface area contributed by atoms with E-state index in [0.29, 0.717) is 17.3 Å². The Morgan fingerprint density at radius 2 is 1.63 bits per heavy atom. The summed E-state index contributed by atoms with van der Waals surface area (Å²) in [5.74, 6) is 2.82. The number of aromatic nitrogens is 2. The van der Waals surface area contributed by atoms with Gasteiger partial charge < -0.3 is 24.8 Å². The van der Waals surface area contributed by atoms with Gasteiger partial charge in [0.15, 0.2) is 17.3 Å². The highest BCUT2D eigenvalue weighted by Gasteiger charge is 2.14. The molecule has 0 saturated carbocycles. The van der Waals surface area contributed by atoms with Gasteiger partial charge in [-0.1, -0.05) is 6.42 Å². The van der Waals surface area contributed by atoms with Crippen LogP contribution in [0.4, 0.5) is 5.82 Å². The van der Waals surface area contributed by atoms with Crippen LogP contribution in [0, 0.1) is 0 Å². The van der Waals surface area contributed by atoms with E-state index in [1.807, 2.05) is 24.3 Å². The molecule has 0 amide bonds. The summed E-state index contributed by atoms with van der Waals surface area (Å²) in [6.45, 7) is 1.92. The number of hydrogen-bond donors (Lipinski definition) is 2. The first-order valence-electron chi connectivity index (χ1n) is 10.1. The van der Waals surface area contributed by atoms with Gasteiger partial charge in [0.25, 0.3) is 0 Å². The van der Waals surface area contributed by atoms with Gasteiger partial charge in [0.1, 0.15) is 11.6 Å². The highest BCUT2D eigenvalue weighted by molar-refractivity contribution is 5.93. The summed E-state index contributed by atoms with van der Waals surface area (Å²) >= 11 is 0. The zero-order valence-corrected chi connectivity index (χ0v) is 18.1. The molecule has 7 nitrogen and oxygen atoms in total. The van der Waals surface area contributed by atoms with Crippen molar-refractivity contribution in [1.29, 1.82) is 0 Å². The first-order chi connectivity index (χ1) is 14.5. The average molecular weight is 411 g/mol. The fourth-order valence-electron chi connectivity index (χ4n) is 3.27. The van der Waals surface area contributed by atoms with Gasteiger partial charge >= 0.3 is 0 Å². The monoisotopic (exact) mass is 410 g/mol. The number of benzene rings is 2. The van der Waals surface area contributed by atoms with Crippen LogP contribution in [0.15, 0.2) is 36.4 Å². The van der Waals surface area contributed by atoms with E-state index < -0.39 is 0 Å². The van der Waals surface area contributed by atoms with Gasteiger partial charge in [-0.25, -0.2) is 9.97 Å². The second-order valence-corrected chi connectivity index (χ2v) is 7.46. The Morgan fingerprint density at radius 1 is 0.933 bits per heavy atom. The largest absolute Gasteiger partial charge is 0.508 e. The molecular formula is C23H30N4O3. The summed E-state index contributed by atoms with van der Waals surface area (Å²) in [5.41, 5.74) is 1.60. The molecule has 2 aromatic carbocycles. The van der Waals surface area contributed by atoms with Crippen LogP contribution in [0.5, 0.6) is 17.2 Å². The van der Waals surface area contributed by atoms with E-state index in [9.17, 15) is 5.11 Å². The molecule has 0 aliphatic rings. The number of unbranched alkanes of at least 4 members (excludes halogenated alkanes) is 2. The van der Waals surface area contributed by atoms with E-state index in [-0.39, 0.29) is 5.75 Å². The van der Waals surface area contributed by atoms with Crippen LogP contribution >= 0.6 is 0 Å². The third-order valence-electron chi connectivity index (χ3n) is 4.90. The van der Waals surface area contributed by atoms with Crippen LogP contribution in [-0.2, 0) is 0 Å². The molecular weight excluding hydrogens is 380 g/mol. The molecule has 0 aliphatic heterocycles. The Balaban J connectivity index is 1.91. The highest BCUT2D eigenvalue weighted by atomic mass is 16.5. The topological polar surface area (TPSA) is 79.7 Å². The third-order valence-corrected chi connectivity index (χ3v) is 4.90. The van der Waals surface area contributed by atoms with Gasteiger partial charge in [-0.15, -0.1) is 0 Å². The second-order valence-electron chi connectivity index (χ2n) is 7.46. The number of methoxy groups -OCH3 is 2. The minimum absolute atomic E-state index is 0.210. The Hall–Kier alpha value is -3.06. The Kier molecular flexibility index (Phi) is 7.30. The Bertz CT molecular complexity index is 974. The number of anilines is 1. The molecule has 1 heterocycles. The number of rotatable bonds is 10. The van der Waals surface area contributed by atoms with Crippen molar-refractivity contribution in [2.45, 2.75) is 19.3 Å². The molecule has 0 bridgehead atoms. The molecule has 0 spiro atoms. The molecule has 7 heteroatoms. The molecule has 0 radical (unpaired) electrons. The maximum Gasteiger partial charge on any atom is 0.162 e. The molecule has 30 heavy (non-hydrogen) atoms. The lowest BCUT2D eigenvalue weighted by Gasteiger charge is -2.14. The van der Waals surface area contributed by atoms with Gasteiger partial charge in [-0.2, -0.15) is 0 Å². The highest BCUT2D eigenvalue weighted by Crippen LogP contribution is 2.35. The summed E-state index contributed by atoms with van der Waals surface area (Å²) in [4.78, 5) is 11.7. The fraction of sp³-hybridized carbons (Fsp3) is 0.391. The number of aromatic hydroxyl groups is 1. The summed E-state index contributed by atoms with van der Waals surface area (Å²) in [6, 6.07) is 10.7. The first kappa shape index (κ1) is 21.6. The van der Waals surface area contributed by atoms with Crippen molar-refractivity contribution in [2.24, 2.45) is 0 Å². The lowest BCUT2D eigenvalue weighted by atomic mass is 10.1. The Morgan fingerprint density at radius 3 is 2.30 bits per heavy atom. The molecule has 3 aromatic rings. The maximum absolute atomic E-state index is 9.59. The van der Waals surface area contributed by atoms with Crippen molar-refractivity contribution in [3.63, 3.8) is 0 Å². The van der Waals surface area contributed by atoms with E-state index in [0.717, 1.165) is 48.2 Å². The number of fused-ring (bicyclic) bond motifs is 1. The van der Waals surface area contributed by atoms with Gasteiger partial charge in [0, 0.05) is 23.6 Å². The molecule has 1 aromatic heterocycles. The lowest BCUT2D eigenvalue weighted by molar-refractivity contribution is 0.356. The van der Waals surface area contributed by atoms with E-state index in [2.05, 4.69) is 24.3 Å². The molecule has 0 atom stereocenters. The molecule has 2 N–H and O–H groups in total. The fourth-order valence-corrected chi connectivity index (χ4v) is 3.27. The van der Waals surface area contributed by atoms with Crippen LogP contribution in [0.2, 0.25) is 0 Å². The predicted octanol–water partition coefficient (Wildman–Crippen LogP) is 4.16. The van der Waals surface area contributed by atoms with E-state index in [1.54, 1.807) is 26.4 Å². The summed E-state index contributed by atoms with van der Waals surface area (Å²) in [6.07, 6.45) is 3.38. The van der Waals surface area contributed by atoms with Crippen LogP contribution in [-0.4, -0.2) is 61.4 Å². The smallest absolute Gasteiger partial charge is 0.162 e. The minimum Gasteiger partial charge on any atom is -0.508 e. The third kappa shape index (κ3) is 5.30. The van der Waals surface area contributed by atoms with E-state index >= 15 is 0 Å². The van der Waals surface area contributed by atoms with Crippen molar-refractivity contribution < 1.29 is 14.6 Å². The maximum atomic E-state index is 9.59. The lowest BCUT2D eigenvalue weighted by Crippen LogP contribution is -2.13. The van der Waals surface area contributed by atoms with Crippen molar-refractivity contribution in [3.05, 3.63) is 36.4 Å². The predicted molar refractivity (Wildman–Crippen MR) is 121 cm³/mol. The molecule has 0 saturated heterocycles. The SMILES string of the molecule is COc1cc2nc(-c3ccc(O)cc3)nc(NCCCCCN(C)C)c2cc1OC. The number of phenols is 1. The molecule has 0 fully saturated rings. The van der Waals surface area contributed by atoms with Gasteiger partial charge in [-0.05, 0) is 63.8 Å².